The first-order chi connectivity index (χ1) is 31.8. The summed E-state index contributed by atoms with van der Waals surface area (Å²) in [5.41, 5.74) is 0.146. The summed E-state index contributed by atoms with van der Waals surface area (Å²) in [5, 5.41) is 54.1. The summed E-state index contributed by atoms with van der Waals surface area (Å²) in [5.74, 6) is -7.50. The summed E-state index contributed by atoms with van der Waals surface area (Å²) < 4.78 is 16.7. The van der Waals surface area contributed by atoms with Gasteiger partial charge in [0.1, 0.15) is 5.75 Å². The lowest BCUT2D eigenvalue weighted by molar-refractivity contribution is -0.384. The quantitative estimate of drug-likeness (QED) is 0.0339. The minimum Gasteiger partial charge on any atom is -0.504 e. The molecule has 5 amide bonds. The molecule has 2 unspecified atom stereocenters. The van der Waals surface area contributed by atoms with Crippen LogP contribution in [0.25, 0.3) is 0 Å². The number of nitrogens with zero attached hydrogens (tertiary/aromatic N) is 1. The summed E-state index contributed by atoms with van der Waals surface area (Å²) >= 11 is 0. The molecule has 5 aromatic rings. The predicted octanol–water partition coefficient (Wildman–Crippen LogP) is 6.17. The number of nitro groups is 1. The number of anilines is 4. The number of rotatable bonds is 19. The summed E-state index contributed by atoms with van der Waals surface area (Å²) in [4.78, 5) is 100.0. The normalized spacial score (nSPS) is 11.7. The van der Waals surface area contributed by atoms with Crippen LogP contribution in [0.3, 0.4) is 0 Å². The molecule has 0 radical (unpaired) electrons. The van der Waals surface area contributed by atoms with Crippen molar-refractivity contribution in [1.82, 2.24) is 5.32 Å². The number of hydrogen-bond acceptors (Lipinski definition) is 13. The molecule has 2 atom stereocenters. The number of aliphatic carboxylic acids is 1. The number of ether oxygens (including phenoxy) is 3. The lowest BCUT2D eigenvalue weighted by atomic mass is 10.1. The molecule has 0 saturated carbocycles. The van der Waals surface area contributed by atoms with E-state index in [1.165, 1.54) is 103 Å². The smallest absolute Gasteiger partial charge is 0.335 e. The summed E-state index contributed by atoms with van der Waals surface area (Å²) in [7, 11) is 1.07. The third-order valence-corrected chi connectivity index (χ3v) is 9.34. The van der Waals surface area contributed by atoms with Gasteiger partial charge in [0.05, 0.1) is 39.6 Å². The highest BCUT2D eigenvalue weighted by molar-refractivity contribution is 6.10. The van der Waals surface area contributed by atoms with E-state index in [9.17, 15) is 59.0 Å². The number of carbonyl (C=O) groups is 7. The average molecular weight is 921 g/mol. The maximum absolute atomic E-state index is 13.4. The summed E-state index contributed by atoms with van der Waals surface area (Å²) in [6.45, 7) is 6.75. The first-order valence-electron chi connectivity index (χ1n) is 20.1. The Morgan fingerprint density at radius 3 is 1.61 bits per heavy atom. The minimum atomic E-state index is -1.89. The molecule has 8 N–H and O–H groups in total. The number of aromatic hydroxyl groups is 1. The number of carbonyl (C=O) groups excluding carboxylic acids is 5. The third-order valence-electron chi connectivity index (χ3n) is 9.34. The van der Waals surface area contributed by atoms with Gasteiger partial charge in [-0.05, 0) is 119 Å². The van der Waals surface area contributed by atoms with Crippen molar-refractivity contribution in [2.75, 3.05) is 28.4 Å². The van der Waals surface area contributed by atoms with Gasteiger partial charge in [-0.2, -0.15) is 0 Å². The van der Waals surface area contributed by atoms with E-state index in [2.05, 4.69) is 26.6 Å². The van der Waals surface area contributed by atoms with Crippen LogP contribution in [0.2, 0.25) is 0 Å². The highest BCUT2D eigenvalue weighted by Gasteiger charge is 2.36. The van der Waals surface area contributed by atoms with Gasteiger partial charge in [0.25, 0.3) is 35.2 Å². The monoisotopic (exact) mass is 920 g/mol. The van der Waals surface area contributed by atoms with Gasteiger partial charge >= 0.3 is 11.9 Å². The van der Waals surface area contributed by atoms with E-state index in [0.29, 0.717) is 0 Å². The Labute approximate surface area is 381 Å². The number of non-ortho nitro benzene ring substituents is 1. The Morgan fingerprint density at radius 1 is 0.597 bits per heavy atom. The fourth-order valence-corrected chi connectivity index (χ4v) is 6.15. The molecule has 0 aliphatic carbocycles. The third kappa shape index (κ3) is 12.7. The number of amides is 5. The van der Waals surface area contributed by atoms with E-state index in [-0.39, 0.29) is 73.9 Å². The number of phenols is 1. The molecule has 0 heterocycles. The van der Waals surface area contributed by atoms with E-state index in [4.69, 9.17) is 14.2 Å². The zero-order valence-electron chi connectivity index (χ0n) is 36.3. The molecule has 67 heavy (non-hydrogen) atoms. The lowest BCUT2D eigenvalue weighted by Gasteiger charge is -2.23. The number of carboxylic acid groups (broad SMARTS) is 2. The summed E-state index contributed by atoms with van der Waals surface area (Å²) in [6.07, 6.45) is -2.66. The predicted molar refractivity (Wildman–Crippen MR) is 241 cm³/mol. The van der Waals surface area contributed by atoms with Gasteiger partial charge in [-0.1, -0.05) is 0 Å². The molecule has 5 rings (SSSR count). The highest BCUT2D eigenvalue weighted by atomic mass is 16.6. The van der Waals surface area contributed by atoms with Crippen LogP contribution in [0.15, 0.2) is 103 Å². The second kappa shape index (κ2) is 21.7. The summed E-state index contributed by atoms with van der Waals surface area (Å²) in [6, 6.07) is 20.1. The molecule has 0 fully saturated rings. The molecule has 0 spiro atoms. The van der Waals surface area contributed by atoms with Crippen LogP contribution >= 0.6 is 0 Å². The first-order valence-corrected chi connectivity index (χ1v) is 20.1. The van der Waals surface area contributed by atoms with Crippen molar-refractivity contribution < 1.29 is 68.0 Å². The van der Waals surface area contributed by atoms with E-state index in [0.717, 1.165) is 7.11 Å². The van der Waals surface area contributed by atoms with Crippen molar-refractivity contribution in [2.45, 2.75) is 52.0 Å². The molecular formula is C46H44N6O15. The number of aromatic carboxylic acids is 1. The Morgan fingerprint density at radius 2 is 1.09 bits per heavy atom. The van der Waals surface area contributed by atoms with Crippen molar-refractivity contribution in [2.24, 2.45) is 0 Å². The Balaban J connectivity index is 1.23. The van der Waals surface area contributed by atoms with Gasteiger partial charge in [0, 0.05) is 47.3 Å². The number of nitro benzene ring substituents is 1. The largest absolute Gasteiger partial charge is 0.504 e. The van der Waals surface area contributed by atoms with Gasteiger partial charge in [0.15, 0.2) is 23.6 Å². The number of hydrogen-bond donors (Lipinski definition) is 8. The number of carboxylic acids is 2. The molecule has 0 aromatic heterocycles. The SMILES string of the molecule is COC(C(=O)Nc1ccc(C(=O)Nc2ccc(C(=O)Nc3ccc(C(=O)O)cc3OC(C)C)c(O)c2OC(C)C)cc1)C(NC(=O)c1ccc(NC(=O)c2ccc([N+](=O)[O-])cc2)cc1)C(=O)O. The van der Waals surface area contributed by atoms with Crippen LogP contribution < -0.4 is 36.1 Å². The Hall–Kier alpha value is -8.85. The molecule has 21 heteroatoms. The maximum atomic E-state index is 13.4. The van der Waals surface area contributed by atoms with Gasteiger partial charge < -0.3 is 56.1 Å². The number of benzene rings is 5. The second-order valence-electron chi connectivity index (χ2n) is 14.9. The molecule has 0 aliphatic rings. The number of phenolic OH excluding ortho intramolecular Hbond substituents is 1. The zero-order valence-corrected chi connectivity index (χ0v) is 36.3. The molecule has 5 aromatic carbocycles. The van der Waals surface area contributed by atoms with Gasteiger partial charge in [-0.25, -0.2) is 9.59 Å². The van der Waals surface area contributed by atoms with E-state index < -0.39 is 70.4 Å². The first kappa shape index (κ1) is 49.2. The molecule has 0 bridgehead atoms. The van der Waals surface area contributed by atoms with Crippen molar-refractivity contribution in [3.05, 3.63) is 141 Å². The lowest BCUT2D eigenvalue weighted by Crippen LogP contribution is -2.54. The van der Waals surface area contributed by atoms with Crippen molar-refractivity contribution >= 4 is 69.9 Å². The van der Waals surface area contributed by atoms with Crippen molar-refractivity contribution in [3.8, 4) is 17.2 Å². The van der Waals surface area contributed by atoms with Crippen LogP contribution in [0.5, 0.6) is 17.2 Å². The minimum absolute atomic E-state index is 0.00754. The topological polar surface area (TPSA) is 311 Å². The molecule has 21 nitrogen and oxygen atoms in total. The van der Waals surface area contributed by atoms with E-state index >= 15 is 0 Å². The fraction of sp³-hybridized carbons (Fsp3) is 0.196. The van der Waals surface area contributed by atoms with Gasteiger partial charge in [0.2, 0.25) is 0 Å². The highest BCUT2D eigenvalue weighted by Crippen LogP contribution is 2.39. The van der Waals surface area contributed by atoms with Crippen molar-refractivity contribution in [1.29, 1.82) is 0 Å². The molecular weight excluding hydrogens is 877 g/mol. The van der Waals surface area contributed by atoms with Crippen LogP contribution in [0.4, 0.5) is 28.4 Å². The number of methoxy groups -OCH3 is 1. The van der Waals surface area contributed by atoms with Gasteiger partial charge in [-0.3, -0.25) is 34.1 Å². The molecule has 348 valence electrons. The Bertz CT molecular complexity index is 2700. The molecule has 0 aliphatic heterocycles. The van der Waals surface area contributed by atoms with Crippen LogP contribution in [0, 0.1) is 10.1 Å². The fourth-order valence-electron chi connectivity index (χ4n) is 6.15. The second-order valence-corrected chi connectivity index (χ2v) is 14.9. The van der Waals surface area contributed by atoms with E-state index in [1.54, 1.807) is 27.7 Å². The van der Waals surface area contributed by atoms with Crippen LogP contribution in [-0.2, 0) is 14.3 Å². The maximum Gasteiger partial charge on any atom is 0.335 e. The number of nitrogens with one attached hydrogen (secondary N) is 5. The van der Waals surface area contributed by atoms with Gasteiger partial charge in [-0.15, -0.1) is 0 Å². The van der Waals surface area contributed by atoms with Crippen molar-refractivity contribution in [3.63, 3.8) is 0 Å². The zero-order chi connectivity index (χ0) is 49.1. The van der Waals surface area contributed by atoms with E-state index in [1.807, 2.05) is 0 Å². The Kier molecular flexibility index (Phi) is 15.9. The average Bonchev–Trinajstić information content (AvgIpc) is 3.28. The van der Waals surface area contributed by atoms with Crippen LogP contribution in [-0.4, -0.2) is 93.2 Å². The van der Waals surface area contributed by atoms with Crippen LogP contribution in [0.1, 0.15) is 79.5 Å². The molecule has 0 saturated heterocycles. The standard InChI is InChI=1S/C46H44N6O15/c1-23(2)66-35-22-28(45(59)60)12-20-33(35)49-43(57)32-19-21-34(38(37(32)53)67-24(3)4)50-41(55)25-6-15-30(16-7-25)48-44(58)39(65-5)36(46(61)62)51-42(56)26-8-13-29(14-9-26)47-40(54)27-10-17-31(18-11-27)52(63)64/h6-24,36,39,53H,1-5H3,(H,47,54)(H,48,58)(H,49,57)(H,50,55)(H,51,56)(H,59,60)(H,61,62).